The first-order chi connectivity index (χ1) is 13.7. The number of carbonyl (C=O) groups excluding carboxylic acids is 2. The molecule has 1 aliphatic rings. The van der Waals surface area contributed by atoms with Crippen molar-refractivity contribution in [3.8, 4) is 5.75 Å². The molecule has 0 fully saturated rings. The van der Waals surface area contributed by atoms with E-state index in [9.17, 15) is 27.7 Å². The molecule has 3 aromatic carbocycles. The number of phenolic OH excluding ortho intramolecular Hbond substituents is 1. The van der Waals surface area contributed by atoms with Gasteiger partial charge >= 0.3 is 29.6 Å². The van der Waals surface area contributed by atoms with Gasteiger partial charge in [0.1, 0.15) is 15.9 Å². The number of aryl methyl sites for hydroxylation is 1. The molecule has 0 saturated carbocycles. The van der Waals surface area contributed by atoms with E-state index in [1.54, 1.807) is 25.1 Å². The van der Waals surface area contributed by atoms with Gasteiger partial charge in [-0.05, 0) is 42.8 Å². The zero-order valence-electron chi connectivity index (χ0n) is 16.1. The maximum absolute atomic E-state index is 13.1. The van der Waals surface area contributed by atoms with Gasteiger partial charge in [-0.1, -0.05) is 24.3 Å². The number of rotatable bonds is 3. The van der Waals surface area contributed by atoms with Gasteiger partial charge in [0.15, 0.2) is 11.6 Å². The first-order valence-corrected chi connectivity index (χ1v) is 9.97. The van der Waals surface area contributed by atoms with Crippen LogP contribution in [0.25, 0.3) is 0 Å². The number of benzene rings is 3. The molecule has 146 valence electrons. The molecule has 7 nitrogen and oxygen atoms in total. The monoisotopic (exact) mass is 431 g/mol. The predicted octanol–water partition coefficient (Wildman–Crippen LogP) is 0.128. The van der Waals surface area contributed by atoms with E-state index in [0.29, 0.717) is 11.3 Å². The molecular weight excluding hydrogens is 417 g/mol. The standard InChI is InChI=1S/C21H15NO6S.Na/c1-11-10-12(29(26,27)28)6-7-15(11)22-16-8-9-17(23)19-18(16)20(24)13-4-2-3-5-14(13)21(19)25;/h2-10,22-23H,1H3,(H,26,27,28);/q;+1/p-1. The zero-order chi connectivity index (χ0) is 20.9. The summed E-state index contributed by atoms with van der Waals surface area (Å²) >= 11 is 0. The average molecular weight is 431 g/mol. The fourth-order valence-corrected chi connectivity index (χ4v) is 3.94. The Hall–Kier alpha value is -2.49. The summed E-state index contributed by atoms with van der Waals surface area (Å²) < 4.78 is 33.6. The molecular formula is C21H14NNaO6S. The Labute approximate surface area is 194 Å². The molecule has 0 aromatic heterocycles. The van der Waals surface area contributed by atoms with Crippen LogP contribution in [0.3, 0.4) is 0 Å². The van der Waals surface area contributed by atoms with Crippen LogP contribution in [0, 0.1) is 6.92 Å². The van der Waals surface area contributed by atoms with Crippen LogP contribution in [-0.2, 0) is 10.1 Å². The van der Waals surface area contributed by atoms with E-state index < -0.39 is 21.7 Å². The SMILES string of the molecule is Cc1cc(S(=O)(=O)[O-])ccc1Nc1ccc(O)c2c1C(=O)c1ccccc1C2=O.[Na+]. The Morgan fingerprint density at radius 3 is 2.00 bits per heavy atom. The first-order valence-electron chi connectivity index (χ1n) is 8.56. The molecule has 0 saturated heterocycles. The minimum absolute atomic E-state index is 0. The molecule has 0 spiro atoms. The van der Waals surface area contributed by atoms with Crippen LogP contribution in [0.4, 0.5) is 11.4 Å². The molecule has 1 aliphatic carbocycles. The normalized spacial score (nSPS) is 12.6. The summed E-state index contributed by atoms with van der Waals surface area (Å²) in [6.07, 6.45) is 0. The van der Waals surface area contributed by atoms with Gasteiger partial charge in [0.05, 0.1) is 21.7 Å². The van der Waals surface area contributed by atoms with E-state index in [2.05, 4.69) is 5.32 Å². The molecule has 4 rings (SSSR count). The number of anilines is 2. The Bertz CT molecular complexity index is 1320. The number of aromatic hydroxyl groups is 1. The summed E-state index contributed by atoms with van der Waals surface area (Å²) in [6.45, 7) is 1.60. The Kier molecular flexibility index (Phi) is 5.90. The maximum atomic E-state index is 13.1. The van der Waals surface area contributed by atoms with Gasteiger partial charge in [-0.3, -0.25) is 9.59 Å². The smallest absolute Gasteiger partial charge is 0.744 e. The van der Waals surface area contributed by atoms with Gasteiger partial charge in [0.2, 0.25) is 0 Å². The van der Waals surface area contributed by atoms with Crippen LogP contribution in [0.5, 0.6) is 5.75 Å². The van der Waals surface area contributed by atoms with Gasteiger partial charge in [-0.15, -0.1) is 0 Å². The van der Waals surface area contributed by atoms with Crippen LogP contribution in [-0.4, -0.2) is 29.6 Å². The third kappa shape index (κ3) is 3.68. The molecule has 0 atom stereocenters. The van der Waals surface area contributed by atoms with Crippen LogP contribution >= 0.6 is 0 Å². The molecule has 0 bridgehead atoms. The Balaban J connectivity index is 0.00000256. The predicted molar refractivity (Wildman–Crippen MR) is 104 cm³/mol. The van der Waals surface area contributed by atoms with Crippen LogP contribution < -0.4 is 34.9 Å². The van der Waals surface area contributed by atoms with Gasteiger partial charge < -0.3 is 15.0 Å². The van der Waals surface area contributed by atoms with Crippen molar-refractivity contribution < 1.29 is 57.2 Å². The minimum atomic E-state index is -4.59. The Morgan fingerprint density at radius 1 is 0.867 bits per heavy atom. The van der Waals surface area contributed by atoms with Crippen molar-refractivity contribution in [2.45, 2.75) is 11.8 Å². The van der Waals surface area contributed by atoms with Crippen molar-refractivity contribution in [3.05, 3.63) is 82.4 Å². The summed E-state index contributed by atoms with van der Waals surface area (Å²) in [5.74, 6) is -1.17. The van der Waals surface area contributed by atoms with Gasteiger partial charge in [-0.25, -0.2) is 8.42 Å². The summed E-state index contributed by atoms with van der Waals surface area (Å²) in [4.78, 5) is 25.6. The third-order valence-electron chi connectivity index (χ3n) is 4.81. The zero-order valence-corrected chi connectivity index (χ0v) is 18.9. The number of hydrogen-bond acceptors (Lipinski definition) is 7. The molecule has 2 N–H and O–H groups in total. The molecule has 0 amide bonds. The van der Waals surface area contributed by atoms with E-state index in [1.165, 1.54) is 30.3 Å². The topological polar surface area (TPSA) is 124 Å². The van der Waals surface area contributed by atoms with Crippen molar-refractivity contribution in [2.24, 2.45) is 0 Å². The second kappa shape index (κ2) is 7.98. The minimum Gasteiger partial charge on any atom is -0.744 e. The molecule has 0 unspecified atom stereocenters. The maximum Gasteiger partial charge on any atom is 1.00 e. The van der Waals surface area contributed by atoms with Crippen molar-refractivity contribution in [1.29, 1.82) is 0 Å². The average Bonchev–Trinajstić information content (AvgIpc) is 2.68. The van der Waals surface area contributed by atoms with Crippen molar-refractivity contribution in [1.82, 2.24) is 0 Å². The molecule has 0 aliphatic heterocycles. The van der Waals surface area contributed by atoms with Crippen molar-refractivity contribution in [2.75, 3.05) is 5.32 Å². The van der Waals surface area contributed by atoms with Gasteiger partial charge in [-0.2, -0.15) is 0 Å². The van der Waals surface area contributed by atoms with Gasteiger partial charge in [0, 0.05) is 16.8 Å². The number of carbonyl (C=O) groups is 2. The summed E-state index contributed by atoms with van der Waals surface area (Å²) in [5, 5.41) is 13.2. The molecule has 3 aromatic rings. The third-order valence-corrected chi connectivity index (χ3v) is 5.64. The second-order valence-electron chi connectivity index (χ2n) is 6.64. The fraction of sp³-hybridized carbons (Fsp3) is 0.0476. The van der Waals surface area contributed by atoms with Crippen LogP contribution in [0.2, 0.25) is 0 Å². The van der Waals surface area contributed by atoms with E-state index in [-0.39, 0.29) is 68.1 Å². The molecule has 9 heteroatoms. The van der Waals surface area contributed by atoms with Crippen molar-refractivity contribution >= 4 is 33.1 Å². The quantitative estimate of drug-likeness (QED) is 0.268. The van der Waals surface area contributed by atoms with E-state index >= 15 is 0 Å². The fourth-order valence-electron chi connectivity index (χ4n) is 3.39. The van der Waals surface area contributed by atoms with E-state index in [4.69, 9.17) is 0 Å². The summed E-state index contributed by atoms with van der Waals surface area (Å²) in [6, 6.07) is 12.9. The molecule has 0 radical (unpaired) electrons. The number of ketones is 2. The number of fused-ring (bicyclic) bond motifs is 2. The number of phenols is 1. The first kappa shape index (κ1) is 22.2. The van der Waals surface area contributed by atoms with Crippen LogP contribution in [0.1, 0.15) is 37.4 Å². The van der Waals surface area contributed by atoms with E-state index in [0.717, 1.165) is 6.07 Å². The van der Waals surface area contributed by atoms with E-state index in [1.807, 2.05) is 0 Å². The van der Waals surface area contributed by atoms with Crippen molar-refractivity contribution in [3.63, 3.8) is 0 Å². The summed E-state index contributed by atoms with van der Waals surface area (Å²) in [7, 11) is -4.59. The van der Waals surface area contributed by atoms with Crippen LogP contribution in [0.15, 0.2) is 59.5 Å². The number of nitrogens with one attached hydrogen (secondary N) is 1. The summed E-state index contributed by atoms with van der Waals surface area (Å²) in [5.41, 5.74) is 1.60. The second-order valence-corrected chi connectivity index (χ2v) is 8.02. The largest absolute Gasteiger partial charge is 1.00 e. The molecule has 0 heterocycles. The number of hydrogen-bond donors (Lipinski definition) is 2. The Morgan fingerprint density at radius 2 is 1.43 bits per heavy atom. The van der Waals surface area contributed by atoms with Gasteiger partial charge in [0.25, 0.3) is 0 Å². The molecule has 30 heavy (non-hydrogen) atoms.